The SMILES string of the molecule is Clc1ccc(CCc2scc(-c3ccc(Cl)cc3)c2Cc2cccnc2)cc1. The van der Waals surface area contributed by atoms with Crippen molar-refractivity contribution in [3.8, 4) is 11.1 Å². The van der Waals surface area contributed by atoms with E-state index in [4.69, 9.17) is 23.2 Å². The van der Waals surface area contributed by atoms with Crippen LogP contribution in [0.4, 0.5) is 0 Å². The monoisotopic (exact) mass is 423 g/mol. The lowest BCUT2D eigenvalue weighted by molar-refractivity contribution is 0.961. The summed E-state index contributed by atoms with van der Waals surface area (Å²) in [5.74, 6) is 0. The lowest BCUT2D eigenvalue weighted by Crippen LogP contribution is -1.97. The van der Waals surface area contributed by atoms with Gasteiger partial charge in [0, 0.05) is 33.7 Å². The smallest absolute Gasteiger partial charge is 0.0406 e. The van der Waals surface area contributed by atoms with E-state index in [-0.39, 0.29) is 0 Å². The van der Waals surface area contributed by atoms with Crippen LogP contribution < -0.4 is 0 Å². The zero-order chi connectivity index (χ0) is 19.3. The highest BCUT2D eigenvalue weighted by Gasteiger charge is 2.14. The van der Waals surface area contributed by atoms with Gasteiger partial charge < -0.3 is 0 Å². The zero-order valence-electron chi connectivity index (χ0n) is 15.2. The molecule has 0 aliphatic heterocycles. The van der Waals surface area contributed by atoms with Crippen molar-refractivity contribution in [2.45, 2.75) is 19.3 Å². The third-order valence-electron chi connectivity index (χ3n) is 4.79. The second kappa shape index (κ2) is 8.91. The highest BCUT2D eigenvalue weighted by molar-refractivity contribution is 7.10. The van der Waals surface area contributed by atoms with Crippen LogP contribution in [0.1, 0.15) is 21.6 Å². The Bertz CT molecular complexity index is 1040. The predicted octanol–water partition coefficient (Wildman–Crippen LogP) is 7.49. The number of aryl methyl sites for hydroxylation is 2. The van der Waals surface area contributed by atoms with Crippen molar-refractivity contribution in [3.63, 3.8) is 0 Å². The quantitative estimate of drug-likeness (QED) is 0.312. The number of hydrogen-bond acceptors (Lipinski definition) is 2. The molecule has 4 heteroatoms. The van der Waals surface area contributed by atoms with Crippen molar-refractivity contribution in [3.05, 3.63) is 110 Å². The van der Waals surface area contributed by atoms with E-state index < -0.39 is 0 Å². The molecule has 0 amide bonds. The largest absolute Gasteiger partial charge is 0.264 e. The number of hydrogen-bond donors (Lipinski definition) is 0. The van der Waals surface area contributed by atoms with Gasteiger partial charge >= 0.3 is 0 Å². The van der Waals surface area contributed by atoms with Crippen LogP contribution in [0.3, 0.4) is 0 Å². The third-order valence-corrected chi connectivity index (χ3v) is 6.39. The molecule has 0 aliphatic carbocycles. The molecule has 2 heterocycles. The van der Waals surface area contributed by atoms with Gasteiger partial charge in [0.05, 0.1) is 0 Å². The number of halogens is 2. The first kappa shape index (κ1) is 19.2. The maximum Gasteiger partial charge on any atom is 0.0406 e. The van der Waals surface area contributed by atoms with Crippen LogP contribution in [-0.2, 0) is 19.3 Å². The molecule has 0 saturated heterocycles. The number of nitrogens with zero attached hydrogens (tertiary/aromatic N) is 1. The third kappa shape index (κ3) is 4.64. The van der Waals surface area contributed by atoms with Crippen LogP contribution in [0.15, 0.2) is 78.4 Å². The molecule has 140 valence electrons. The van der Waals surface area contributed by atoms with Crippen LogP contribution in [-0.4, -0.2) is 4.98 Å². The van der Waals surface area contributed by atoms with Crippen molar-refractivity contribution in [1.29, 1.82) is 0 Å². The standard InChI is InChI=1S/C24H19Cl2NS/c25-20-8-3-17(4-9-20)5-12-24-22(14-18-2-1-13-27-15-18)23(16-28-24)19-6-10-21(26)11-7-19/h1-4,6-11,13,15-16H,5,12,14H2. The molecule has 0 aliphatic rings. The van der Waals surface area contributed by atoms with Gasteiger partial charge in [-0.15, -0.1) is 11.3 Å². The van der Waals surface area contributed by atoms with E-state index >= 15 is 0 Å². The summed E-state index contributed by atoms with van der Waals surface area (Å²) in [6.07, 6.45) is 6.66. The zero-order valence-corrected chi connectivity index (χ0v) is 17.6. The van der Waals surface area contributed by atoms with Crippen LogP contribution in [0.2, 0.25) is 10.0 Å². The van der Waals surface area contributed by atoms with Gasteiger partial charge in [-0.3, -0.25) is 4.98 Å². The van der Waals surface area contributed by atoms with E-state index in [9.17, 15) is 0 Å². The van der Waals surface area contributed by atoms with Crippen molar-refractivity contribution >= 4 is 34.5 Å². The molecule has 0 bridgehead atoms. The maximum absolute atomic E-state index is 6.09. The number of rotatable bonds is 6. The van der Waals surface area contributed by atoms with Crippen LogP contribution in [0.5, 0.6) is 0 Å². The fourth-order valence-corrected chi connectivity index (χ4v) is 4.65. The van der Waals surface area contributed by atoms with Crippen LogP contribution in [0, 0.1) is 0 Å². The summed E-state index contributed by atoms with van der Waals surface area (Å²) in [5.41, 5.74) is 6.41. The molecule has 0 N–H and O–H groups in total. The van der Waals surface area contributed by atoms with Gasteiger partial charge in [0.15, 0.2) is 0 Å². The molecular weight excluding hydrogens is 405 g/mol. The lowest BCUT2D eigenvalue weighted by atomic mass is 9.96. The molecule has 0 radical (unpaired) electrons. The Balaban J connectivity index is 1.65. The lowest BCUT2D eigenvalue weighted by Gasteiger charge is -2.09. The Kier molecular flexibility index (Phi) is 6.11. The summed E-state index contributed by atoms with van der Waals surface area (Å²) in [5, 5.41) is 3.81. The molecule has 0 spiro atoms. The van der Waals surface area contributed by atoms with Gasteiger partial charge in [0.2, 0.25) is 0 Å². The highest BCUT2D eigenvalue weighted by atomic mass is 35.5. The fourth-order valence-electron chi connectivity index (χ4n) is 3.31. The maximum atomic E-state index is 6.09. The minimum Gasteiger partial charge on any atom is -0.264 e. The summed E-state index contributed by atoms with van der Waals surface area (Å²) in [7, 11) is 0. The van der Waals surface area contributed by atoms with Gasteiger partial charge in [-0.2, -0.15) is 0 Å². The number of aromatic nitrogens is 1. The van der Waals surface area contributed by atoms with Gasteiger partial charge in [-0.1, -0.05) is 53.5 Å². The molecule has 4 aromatic rings. The summed E-state index contributed by atoms with van der Waals surface area (Å²) >= 11 is 13.9. The van der Waals surface area contributed by atoms with Gasteiger partial charge in [-0.05, 0) is 76.4 Å². The van der Waals surface area contributed by atoms with Crippen molar-refractivity contribution in [2.24, 2.45) is 0 Å². The van der Waals surface area contributed by atoms with E-state index in [0.717, 1.165) is 29.3 Å². The summed E-state index contributed by atoms with van der Waals surface area (Å²) in [4.78, 5) is 5.70. The van der Waals surface area contributed by atoms with E-state index in [2.05, 4.69) is 40.7 Å². The van der Waals surface area contributed by atoms with Gasteiger partial charge in [-0.25, -0.2) is 0 Å². The molecular formula is C24H19Cl2NS. The topological polar surface area (TPSA) is 12.9 Å². The normalized spacial score (nSPS) is 10.9. The van der Waals surface area contributed by atoms with Gasteiger partial charge in [0.1, 0.15) is 0 Å². The molecule has 4 rings (SSSR count). The van der Waals surface area contributed by atoms with E-state index in [1.54, 1.807) is 0 Å². The Morgan fingerprint density at radius 1 is 0.786 bits per heavy atom. The number of benzene rings is 2. The highest BCUT2D eigenvalue weighted by Crippen LogP contribution is 2.35. The average molecular weight is 424 g/mol. The van der Waals surface area contributed by atoms with Crippen molar-refractivity contribution in [1.82, 2.24) is 4.98 Å². The van der Waals surface area contributed by atoms with Crippen LogP contribution >= 0.6 is 34.5 Å². The average Bonchev–Trinajstić information content (AvgIpc) is 3.11. The fraction of sp³-hybridized carbons (Fsp3) is 0.125. The Hall–Kier alpha value is -2.13. The summed E-state index contributed by atoms with van der Waals surface area (Å²) in [6.45, 7) is 0. The molecule has 1 nitrogen and oxygen atoms in total. The Morgan fingerprint density at radius 2 is 1.50 bits per heavy atom. The molecule has 0 unspecified atom stereocenters. The Labute approximate surface area is 179 Å². The molecule has 0 fully saturated rings. The van der Waals surface area contributed by atoms with E-state index in [1.165, 1.54) is 32.7 Å². The van der Waals surface area contributed by atoms with Crippen molar-refractivity contribution in [2.75, 3.05) is 0 Å². The van der Waals surface area contributed by atoms with E-state index in [0.29, 0.717) is 0 Å². The first-order chi connectivity index (χ1) is 13.7. The van der Waals surface area contributed by atoms with Gasteiger partial charge in [0.25, 0.3) is 0 Å². The second-order valence-electron chi connectivity index (χ2n) is 6.72. The van der Waals surface area contributed by atoms with Crippen molar-refractivity contribution < 1.29 is 0 Å². The first-order valence-electron chi connectivity index (χ1n) is 9.17. The molecule has 0 atom stereocenters. The first-order valence-corrected chi connectivity index (χ1v) is 10.8. The Morgan fingerprint density at radius 3 is 2.18 bits per heavy atom. The summed E-state index contributed by atoms with van der Waals surface area (Å²) in [6, 6.07) is 20.4. The molecule has 2 aromatic carbocycles. The van der Waals surface area contributed by atoms with E-state index in [1.807, 2.05) is 54.1 Å². The molecule has 28 heavy (non-hydrogen) atoms. The minimum absolute atomic E-state index is 0.760. The number of pyridine rings is 1. The predicted molar refractivity (Wildman–Crippen MR) is 121 cm³/mol. The second-order valence-corrected chi connectivity index (χ2v) is 8.56. The summed E-state index contributed by atoms with van der Waals surface area (Å²) < 4.78 is 0. The molecule has 0 saturated carbocycles. The minimum atomic E-state index is 0.760. The van der Waals surface area contributed by atoms with Crippen LogP contribution in [0.25, 0.3) is 11.1 Å². The number of thiophene rings is 1. The molecule has 2 aromatic heterocycles.